The average Bonchev–Trinajstić information content (AvgIpc) is 2.41. The number of aryl methyl sites for hydroxylation is 1. The van der Waals surface area contributed by atoms with E-state index in [1.54, 1.807) is 0 Å². The van der Waals surface area contributed by atoms with Crippen molar-refractivity contribution in [2.45, 2.75) is 17.7 Å². The maximum Gasteiger partial charge on any atom is 0.330 e. The molecule has 1 aromatic rings. The number of hydrogen-bond donors (Lipinski definition) is 0. The Labute approximate surface area is 109 Å². The Hall–Kier alpha value is -1.45. The SMILES string of the molecule is Cn1cc(S(=O)(=O)N2CCCCO2)c(=O)n(C)c1=O. The van der Waals surface area contributed by atoms with Crippen molar-refractivity contribution in [3.8, 4) is 0 Å². The highest BCUT2D eigenvalue weighted by Gasteiger charge is 2.31. The molecule has 1 aliphatic heterocycles. The van der Waals surface area contributed by atoms with Gasteiger partial charge in [-0.1, -0.05) is 4.47 Å². The van der Waals surface area contributed by atoms with E-state index in [1.165, 1.54) is 14.1 Å². The van der Waals surface area contributed by atoms with Crippen LogP contribution >= 0.6 is 0 Å². The topological polar surface area (TPSA) is 90.6 Å². The Balaban J connectivity index is 2.58. The van der Waals surface area contributed by atoms with Crippen LogP contribution in [0.1, 0.15) is 12.8 Å². The molecule has 1 fully saturated rings. The Morgan fingerprint density at radius 3 is 2.47 bits per heavy atom. The molecule has 0 atom stereocenters. The second-order valence-corrected chi connectivity index (χ2v) is 6.12. The zero-order chi connectivity index (χ0) is 14.2. The number of aromatic nitrogens is 2. The van der Waals surface area contributed by atoms with Gasteiger partial charge in [0.15, 0.2) is 4.90 Å². The van der Waals surface area contributed by atoms with E-state index in [9.17, 15) is 18.0 Å². The van der Waals surface area contributed by atoms with Gasteiger partial charge in [-0.15, -0.1) is 0 Å². The van der Waals surface area contributed by atoms with Crippen LogP contribution in [0.25, 0.3) is 0 Å². The van der Waals surface area contributed by atoms with Crippen LogP contribution in [0.2, 0.25) is 0 Å². The molecule has 106 valence electrons. The molecule has 0 saturated carbocycles. The van der Waals surface area contributed by atoms with E-state index < -0.39 is 26.2 Å². The van der Waals surface area contributed by atoms with Crippen molar-refractivity contribution >= 4 is 10.0 Å². The zero-order valence-corrected chi connectivity index (χ0v) is 11.5. The van der Waals surface area contributed by atoms with Gasteiger partial charge >= 0.3 is 5.69 Å². The molecule has 2 rings (SSSR count). The monoisotopic (exact) mass is 289 g/mol. The highest BCUT2D eigenvalue weighted by molar-refractivity contribution is 7.89. The quantitative estimate of drug-likeness (QED) is 0.682. The summed E-state index contributed by atoms with van der Waals surface area (Å²) in [5.74, 6) is 0. The minimum Gasteiger partial charge on any atom is -0.302 e. The molecule has 0 radical (unpaired) electrons. The van der Waals surface area contributed by atoms with Crippen LogP contribution in [0.15, 0.2) is 20.7 Å². The predicted molar refractivity (Wildman–Crippen MR) is 66.0 cm³/mol. The molecule has 0 aromatic carbocycles. The maximum absolute atomic E-state index is 12.3. The summed E-state index contributed by atoms with van der Waals surface area (Å²) in [6.45, 7) is 0.500. The third kappa shape index (κ3) is 2.36. The number of hydroxylamine groups is 1. The van der Waals surface area contributed by atoms with Gasteiger partial charge in [0.05, 0.1) is 6.61 Å². The van der Waals surface area contributed by atoms with Gasteiger partial charge in [-0.25, -0.2) is 13.2 Å². The summed E-state index contributed by atoms with van der Waals surface area (Å²) < 4.78 is 27.2. The van der Waals surface area contributed by atoms with Gasteiger partial charge in [0.25, 0.3) is 15.6 Å². The van der Waals surface area contributed by atoms with Crippen LogP contribution < -0.4 is 11.2 Å². The van der Waals surface area contributed by atoms with Crippen LogP contribution in [-0.4, -0.2) is 35.2 Å². The van der Waals surface area contributed by atoms with E-state index in [-0.39, 0.29) is 6.54 Å². The molecular formula is C10H15N3O5S. The Bertz CT molecular complexity index is 697. The lowest BCUT2D eigenvalue weighted by molar-refractivity contribution is -0.108. The van der Waals surface area contributed by atoms with E-state index >= 15 is 0 Å². The zero-order valence-electron chi connectivity index (χ0n) is 10.7. The molecule has 1 aliphatic rings. The highest BCUT2D eigenvalue weighted by Crippen LogP contribution is 2.16. The van der Waals surface area contributed by atoms with Gasteiger partial charge in [-0.2, -0.15) is 0 Å². The van der Waals surface area contributed by atoms with Crippen LogP contribution in [0, 0.1) is 0 Å². The third-order valence-electron chi connectivity index (χ3n) is 2.93. The molecule has 9 heteroatoms. The van der Waals surface area contributed by atoms with E-state index in [4.69, 9.17) is 4.84 Å². The van der Waals surface area contributed by atoms with Crippen molar-refractivity contribution in [2.75, 3.05) is 13.2 Å². The maximum atomic E-state index is 12.3. The van der Waals surface area contributed by atoms with E-state index in [1.807, 2.05) is 0 Å². The van der Waals surface area contributed by atoms with Crippen LogP contribution in [0.3, 0.4) is 0 Å². The molecule has 8 nitrogen and oxygen atoms in total. The van der Waals surface area contributed by atoms with Gasteiger partial charge in [-0.3, -0.25) is 14.2 Å². The van der Waals surface area contributed by atoms with Crippen molar-refractivity contribution < 1.29 is 13.3 Å². The lowest BCUT2D eigenvalue weighted by Crippen LogP contribution is -2.43. The van der Waals surface area contributed by atoms with E-state index in [0.29, 0.717) is 13.0 Å². The molecule has 0 bridgehead atoms. The molecule has 0 unspecified atom stereocenters. The summed E-state index contributed by atoms with van der Waals surface area (Å²) in [5.41, 5.74) is -1.43. The first kappa shape index (κ1) is 14.0. The molecule has 0 N–H and O–H groups in total. The van der Waals surface area contributed by atoms with E-state index in [0.717, 1.165) is 26.2 Å². The van der Waals surface area contributed by atoms with Crippen LogP contribution in [-0.2, 0) is 29.0 Å². The van der Waals surface area contributed by atoms with Gasteiger partial charge in [0.2, 0.25) is 0 Å². The molecule has 0 spiro atoms. The van der Waals surface area contributed by atoms with Gasteiger partial charge in [0.1, 0.15) is 0 Å². The molecule has 1 aromatic heterocycles. The first-order valence-corrected chi connectivity index (χ1v) is 7.22. The molecule has 2 heterocycles. The summed E-state index contributed by atoms with van der Waals surface area (Å²) in [6.07, 6.45) is 2.47. The fourth-order valence-corrected chi connectivity index (χ4v) is 3.28. The Morgan fingerprint density at radius 1 is 1.21 bits per heavy atom. The lowest BCUT2D eigenvalue weighted by Gasteiger charge is -2.25. The van der Waals surface area contributed by atoms with Gasteiger partial charge in [-0.05, 0) is 12.8 Å². The van der Waals surface area contributed by atoms with Gasteiger partial charge < -0.3 is 4.57 Å². The van der Waals surface area contributed by atoms with Crippen molar-refractivity contribution in [1.29, 1.82) is 0 Å². The fraction of sp³-hybridized carbons (Fsp3) is 0.600. The molecule has 19 heavy (non-hydrogen) atoms. The Kier molecular flexibility index (Phi) is 3.61. The second-order valence-electron chi connectivity index (χ2n) is 4.32. The minimum atomic E-state index is -4.04. The second kappa shape index (κ2) is 4.91. The summed E-state index contributed by atoms with van der Waals surface area (Å²) in [4.78, 5) is 28.1. The average molecular weight is 289 g/mol. The fourth-order valence-electron chi connectivity index (χ4n) is 1.83. The van der Waals surface area contributed by atoms with Crippen LogP contribution in [0.4, 0.5) is 0 Å². The number of sulfonamides is 1. The van der Waals surface area contributed by atoms with Gasteiger partial charge in [0, 0.05) is 26.8 Å². The molecule has 1 saturated heterocycles. The number of hydrogen-bond acceptors (Lipinski definition) is 5. The highest BCUT2D eigenvalue weighted by atomic mass is 32.2. The van der Waals surface area contributed by atoms with Crippen molar-refractivity contribution in [2.24, 2.45) is 14.1 Å². The standard InChI is InChI=1S/C10H15N3O5S/c1-11-7-8(9(14)12(2)10(11)15)19(16,17)13-5-3-4-6-18-13/h7H,3-6H2,1-2H3. The molecule has 0 aliphatic carbocycles. The smallest absolute Gasteiger partial charge is 0.302 e. The van der Waals surface area contributed by atoms with E-state index in [2.05, 4.69) is 0 Å². The molecule has 0 amide bonds. The number of nitrogens with zero attached hydrogens (tertiary/aromatic N) is 3. The first-order chi connectivity index (χ1) is 8.85. The molecular weight excluding hydrogens is 274 g/mol. The summed E-state index contributed by atoms with van der Waals surface area (Å²) in [6, 6.07) is 0. The van der Waals surface area contributed by atoms with Crippen molar-refractivity contribution in [3.63, 3.8) is 0 Å². The largest absolute Gasteiger partial charge is 0.330 e. The predicted octanol–water partition coefficient (Wildman–Crippen LogP) is -1.20. The van der Waals surface area contributed by atoms with Crippen molar-refractivity contribution in [1.82, 2.24) is 13.6 Å². The minimum absolute atomic E-state index is 0.203. The number of rotatable bonds is 2. The summed E-state index contributed by atoms with van der Waals surface area (Å²) in [7, 11) is -1.41. The lowest BCUT2D eigenvalue weighted by atomic mass is 10.3. The normalized spacial score (nSPS) is 17.6. The van der Waals surface area contributed by atoms with Crippen LogP contribution in [0.5, 0.6) is 0 Å². The third-order valence-corrected chi connectivity index (χ3v) is 4.59. The Morgan fingerprint density at radius 2 is 1.89 bits per heavy atom. The van der Waals surface area contributed by atoms with Crippen molar-refractivity contribution in [3.05, 3.63) is 27.0 Å². The first-order valence-electron chi connectivity index (χ1n) is 5.78. The summed E-state index contributed by atoms with van der Waals surface area (Å²) >= 11 is 0. The summed E-state index contributed by atoms with van der Waals surface area (Å²) in [5, 5.41) is 0.